The molecule has 0 atom stereocenters. The van der Waals surface area contributed by atoms with Crippen LogP contribution in [0.2, 0.25) is 5.02 Å². The number of nitro benzene ring substituents is 1. The van der Waals surface area contributed by atoms with Gasteiger partial charge in [-0.15, -0.1) is 0 Å². The molecule has 1 amide bonds. The average Bonchev–Trinajstić information content (AvgIpc) is 2.64. The Kier molecular flexibility index (Phi) is 7.11. The summed E-state index contributed by atoms with van der Waals surface area (Å²) in [6.07, 6.45) is 0.179. The van der Waals surface area contributed by atoms with Gasteiger partial charge in [-0.05, 0) is 30.3 Å². The van der Waals surface area contributed by atoms with Gasteiger partial charge in [-0.25, -0.2) is 0 Å². The van der Waals surface area contributed by atoms with E-state index in [-0.39, 0.29) is 30.2 Å². The number of halogens is 1. The summed E-state index contributed by atoms with van der Waals surface area (Å²) in [5.74, 6) is -0.383. The van der Waals surface area contributed by atoms with Gasteiger partial charge in [-0.1, -0.05) is 23.7 Å². The molecule has 0 fully saturated rings. The van der Waals surface area contributed by atoms with Crippen LogP contribution in [0.1, 0.15) is 23.2 Å². The number of benzene rings is 2. The first-order valence-corrected chi connectivity index (χ1v) is 8.38. The Morgan fingerprint density at radius 2 is 1.69 bits per heavy atom. The molecule has 0 bridgehead atoms. The number of amides is 1. The Morgan fingerprint density at radius 3 is 2.38 bits per heavy atom. The standard InChI is InChI=1S/C18H18ClN3O4/c19-14-7-5-13(6-8-14)17(23)9-10-18(24)21-12-11-20-15-3-1-2-4-16(15)22(25)26/h1-8,20H,9-12H2,(H,21,24). The van der Waals surface area contributed by atoms with E-state index in [0.717, 1.165) is 0 Å². The summed E-state index contributed by atoms with van der Waals surface area (Å²) in [6.45, 7) is 0.627. The molecule has 2 N–H and O–H groups in total. The maximum atomic E-state index is 12.0. The van der Waals surface area contributed by atoms with Crippen LogP contribution in [0.4, 0.5) is 11.4 Å². The van der Waals surface area contributed by atoms with Crippen molar-refractivity contribution in [3.8, 4) is 0 Å². The summed E-state index contributed by atoms with van der Waals surface area (Å²) in [6, 6.07) is 12.8. The fraction of sp³-hybridized carbons (Fsp3) is 0.222. The third kappa shape index (κ3) is 5.86. The van der Waals surface area contributed by atoms with Crippen LogP contribution in [0.5, 0.6) is 0 Å². The smallest absolute Gasteiger partial charge is 0.292 e. The van der Waals surface area contributed by atoms with E-state index in [1.807, 2.05) is 0 Å². The molecule has 7 nitrogen and oxygen atoms in total. The molecule has 0 saturated carbocycles. The first-order chi connectivity index (χ1) is 12.5. The minimum Gasteiger partial charge on any atom is -0.378 e. The van der Waals surface area contributed by atoms with E-state index in [1.54, 1.807) is 42.5 Å². The largest absolute Gasteiger partial charge is 0.378 e. The van der Waals surface area contributed by atoms with Crippen molar-refractivity contribution >= 4 is 34.7 Å². The number of Topliss-reactive ketones (excluding diaryl/α,β-unsaturated/α-hetero) is 1. The summed E-state index contributed by atoms with van der Waals surface area (Å²) in [5, 5.41) is 17.0. The first-order valence-electron chi connectivity index (χ1n) is 8.00. The predicted molar refractivity (Wildman–Crippen MR) is 99.6 cm³/mol. The fourth-order valence-electron chi connectivity index (χ4n) is 2.28. The third-order valence-corrected chi connectivity index (χ3v) is 3.86. The van der Waals surface area contributed by atoms with Gasteiger partial charge in [0.25, 0.3) is 5.69 Å². The number of nitrogens with zero attached hydrogens (tertiary/aromatic N) is 1. The van der Waals surface area contributed by atoms with Crippen LogP contribution in [-0.4, -0.2) is 29.7 Å². The zero-order chi connectivity index (χ0) is 18.9. The Bertz CT molecular complexity index is 793. The molecule has 0 saturated heterocycles. The number of carbonyl (C=O) groups excluding carboxylic acids is 2. The molecule has 0 aliphatic heterocycles. The van der Waals surface area contributed by atoms with Gasteiger partial charge >= 0.3 is 0 Å². The fourth-order valence-corrected chi connectivity index (χ4v) is 2.40. The number of rotatable bonds is 9. The summed E-state index contributed by atoms with van der Waals surface area (Å²) in [5.41, 5.74) is 0.886. The van der Waals surface area contributed by atoms with Crippen molar-refractivity contribution in [2.75, 3.05) is 18.4 Å². The normalized spacial score (nSPS) is 10.2. The highest BCUT2D eigenvalue weighted by atomic mass is 35.5. The maximum Gasteiger partial charge on any atom is 0.292 e. The highest BCUT2D eigenvalue weighted by Gasteiger charge is 2.12. The van der Waals surface area contributed by atoms with Crippen molar-refractivity contribution in [3.05, 3.63) is 69.2 Å². The van der Waals surface area contributed by atoms with Crippen LogP contribution in [0, 0.1) is 10.1 Å². The molecule has 0 spiro atoms. The van der Waals surface area contributed by atoms with Gasteiger partial charge in [-0.3, -0.25) is 19.7 Å². The van der Waals surface area contributed by atoms with Crippen LogP contribution in [0.3, 0.4) is 0 Å². The number of hydrogen-bond donors (Lipinski definition) is 2. The van der Waals surface area contributed by atoms with Gasteiger partial charge in [0.1, 0.15) is 5.69 Å². The predicted octanol–water partition coefficient (Wildman–Crippen LogP) is 3.44. The Hall–Kier alpha value is -2.93. The number of hydrogen-bond acceptors (Lipinski definition) is 5. The van der Waals surface area contributed by atoms with E-state index in [9.17, 15) is 19.7 Å². The van der Waals surface area contributed by atoms with Gasteiger partial charge in [-0.2, -0.15) is 0 Å². The minimum atomic E-state index is -0.469. The van der Waals surface area contributed by atoms with E-state index >= 15 is 0 Å². The molecule has 0 heterocycles. The van der Waals surface area contributed by atoms with Gasteiger partial charge in [0, 0.05) is 42.6 Å². The number of anilines is 1. The lowest BCUT2D eigenvalue weighted by molar-refractivity contribution is -0.384. The van der Waals surface area contributed by atoms with Crippen LogP contribution in [0.15, 0.2) is 48.5 Å². The molecular formula is C18H18ClN3O4. The van der Waals surface area contributed by atoms with E-state index in [0.29, 0.717) is 29.4 Å². The van der Waals surface area contributed by atoms with Crippen LogP contribution in [-0.2, 0) is 4.79 Å². The van der Waals surface area contributed by atoms with E-state index < -0.39 is 4.92 Å². The minimum absolute atomic E-state index is 0.0209. The molecule has 0 aliphatic rings. The Labute approximate surface area is 155 Å². The van der Waals surface area contributed by atoms with Crippen LogP contribution in [0.25, 0.3) is 0 Å². The van der Waals surface area contributed by atoms with Crippen molar-refractivity contribution in [1.29, 1.82) is 0 Å². The van der Waals surface area contributed by atoms with Crippen LogP contribution < -0.4 is 10.6 Å². The lowest BCUT2D eigenvalue weighted by atomic mass is 10.1. The second kappa shape index (κ2) is 9.53. The number of nitrogens with one attached hydrogen (secondary N) is 2. The van der Waals surface area contributed by atoms with Gasteiger partial charge in [0.05, 0.1) is 4.92 Å². The Morgan fingerprint density at radius 1 is 1.00 bits per heavy atom. The zero-order valence-electron chi connectivity index (χ0n) is 13.9. The highest BCUT2D eigenvalue weighted by molar-refractivity contribution is 6.30. The van der Waals surface area contributed by atoms with Crippen molar-refractivity contribution in [2.24, 2.45) is 0 Å². The second-order valence-corrected chi connectivity index (χ2v) is 5.92. The third-order valence-electron chi connectivity index (χ3n) is 3.61. The van der Waals surface area contributed by atoms with Crippen molar-refractivity contribution in [2.45, 2.75) is 12.8 Å². The van der Waals surface area contributed by atoms with Crippen molar-refractivity contribution in [3.63, 3.8) is 0 Å². The summed E-state index contributed by atoms with van der Waals surface area (Å²) in [7, 11) is 0. The molecule has 0 aromatic heterocycles. The van der Waals surface area contributed by atoms with Gasteiger partial charge in [0.2, 0.25) is 5.91 Å². The van der Waals surface area contributed by atoms with Crippen molar-refractivity contribution < 1.29 is 14.5 Å². The highest BCUT2D eigenvalue weighted by Crippen LogP contribution is 2.22. The molecule has 0 aliphatic carbocycles. The van der Waals surface area contributed by atoms with Crippen molar-refractivity contribution in [1.82, 2.24) is 5.32 Å². The Balaban J connectivity index is 1.70. The average molecular weight is 376 g/mol. The molecule has 2 rings (SSSR count). The van der Waals surface area contributed by atoms with E-state index in [2.05, 4.69) is 10.6 Å². The van der Waals surface area contributed by atoms with Gasteiger partial charge in [0.15, 0.2) is 5.78 Å². The molecule has 2 aromatic rings. The molecule has 2 aromatic carbocycles. The first kappa shape index (κ1) is 19.4. The van der Waals surface area contributed by atoms with Gasteiger partial charge < -0.3 is 10.6 Å². The lowest BCUT2D eigenvalue weighted by Crippen LogP contribution is -2.29. The quantitative estimate of drug-likeness (QED) is 0.302. The number of nitro groups is 1. The summed E-state index contributed by atoms with van der Waals surface area (Å²) >= 11 is 5.77. The second-order valence-electron chi connectivity index (χ2n) is 5.48. The van der Waals surface area contributed by atoms with Crippen LogP contribution >= 0.6 is 11.6 Å². The lowest BCUT2D eigenvalue weighted by Gasteiger charge is -2.08. The summed E-state index contributed by atoms with van der Waals surface area (Å²) < 4.78 is 0. The molecular weight excluding hydrogens is 358 g/mol. The maximum absolute atomic E-state index is 12.0. The van der Waals surface area contributed by atoms with E-state index in [1.165, 1.54) is 6.07 Å². The van der Waals surface area contributed by atoms with E-state index in [4.69, 9.17) is 11.6 Å². The number of para-hydroxylation sites is 2. The topological polar surface area (TPSA) is 101 Å². The molecule has 8 heteroatoms. The number of ketones is 1. The monoisotopic (exact) mass is 375 g/mol. The molecule has 26 heavy (non-hydrogen) atoms. The zero-order valence-corrected chi connectivity index (χ0v) is 14.7. The number of carbonyl (C=O) groups is 2. The molecule has 0 unspecified atom stereocenters. The SMILES string of the molecule is O=C(CCC(=O)c1ccc(Cl)cc1)NCCNc1ccccc1[N+](=O)[O-]. The summed E-state index contributed by atoms with van der Waals surface area (Å²) in [4.78, 5) is 34.2. The molecule has 136 valence electrons. The molecule has 0 radical (unpaired) electrons.